The van der Waals surface area contributed by atoms with Gasteiger partial charge in [-0.25, -0.2) is 8.42 Å². The lowest BCUT2D eigenvalue weighted by atomic mass is 10.1. The van der Waals surface area contributed by atoms with Crippen LogP contribution in [0.2, 0.25) is 0 Å². The Morgan fingerprint density at radius 3 is 2.74 bits per heavy atom. The van der Waals surface area contributed by atoms with E-state index in [1.807, 2.05) is 32.9 Å². The number of pyridine rings is 1. The maximum absolute atomic E-state index is 13.1. The molecular weight excluding hydrogens is 334 g/mol. The van der Waals surface area contributed by atoms with Crippen molar-refractivity contribution in [3.05, 3.63) is 36.0 Å². The van der Waals surface area contributed by atoms with E-state index in [0.717, 1.165) is 11.1 Å². The molecule has 2 aromatic rings. The van der Waals surface area contributed by atoms with Gasteiger partial charge in [-0.2, -0.15) is 4.31 Å². The lowest BCUT2D eigenvalue weighted by Crippen LogP contribution is -2.56. The van der Waals surface area contributed by atoms with Crippen molar-refractivity contribution < 1.29 is 8.42 Å². The Morgan fingerprint density at radius 1 is 1.26 bits per heavy atom. The molecule has 0 spiro atoms. The van der Waals surface area contributed by atoms with Gasteiger partial charge in [-0.3, -0.25) is 4.98 Å². The third-order valence-corrected chi connectivity index (χ3v) is 6.26. The second-order valence-corrected chi connectivity index (χ2v) is 7.87. The fourth-order valence-electron chi connectivity index (χ4n) is 2.96. The predicted molar refractivity (Wildman–Crippen MR) is 94.5 cm³/mol. The monoisotopic (exact) mass is 355 g/mol. The SMILES string of the molecule is Cc1ccc(S(=O)(=O)N2CC(C)NCC2C)c2cccnc12.Cl. The zero-order valence-corrected chi connectivity index (χ0v) is 15.1. The van der Waals surface area contributed by atoms with E-state index in [1.165, 1.54) is 0 Å². The van der Waals surface area contributed by atoms with Gasteiger partial charge >= 0.3 is 0 Å². The standard InChI is InChI=1S/C16H21N3O2S.ClH/c1-11-6-7-15(14-5-4-8-17-16(11)14)22(20,21)19-10-12(2)18-9-13(19)3;/h4-8,12-13,18H,9-10H2,1-3H3;1H. The molecular formula is C16H22ClN3O2S. The lowest BCUT2D eigenvalue weighted by molar-refractivity contribution is 0.245. The van der Waals surface area contributed by atoms with Gasteiger partial charge in [0, 0.05) is 36.8 Å². The number of piperazine rings is 1. The smallest absolute Gasteiger partial charge is 0.244 e. The van der Waals surface area contributed by atoms with Crippen LogP contribution in [0.4, 0.5) is 0 Å². The quantitative estimate of drug-likeness (QED) is 0.898. The van der Waals surface area contributed by atoms with Crippen LogP contribution in [0.25, 0.3) is 10.9 Å². The summed E-state index contributed by atoms with van der Waals surface area (Å²) in [6.07, 6.45) is 1.70. The molecule has 7 heteroatoms. The zero-order chi connectivity index (χ0) is 15.9. The zero-order valence-electron chi connectivity index (χ0n) is 13.5. The molecule has 0 amide bonds. The summed E-state index contributed by atoms with van der Waals surface area (Å²) in [4.78, 5) is 4.69. The number of sulfonamides is 1. The molecule has 2 unspecified atom stereocenters. The highest BCUT2D eigenvalue weighted by Crippen LogP contribution is 2.28. The van der Waals surface area contributed by atoms with E-state index in [9.17, 15) is 8.42 Å². The Balaban J connectivity index is 0.00000192. The summed E-state index contributed by atoms with van der Waals surface area (Å²) < 4.78 is 27.9. The summed E-state index contributed by atoms with van der Waals surface area (Å²) in [6.45, 7) is 7.04. The van der Waals surface area contributed by atoms with Gasteiger partial charge in [0.1, 0.15) is 0 Å². The van der Waals surface area contributed by atoms with E-state index in [0.29, 0.717) is 23.4 Å². The maximum atomic E-state index is 13.1. The normalized spacial score (nSPS) is 22.7. The molecule has 2 atom stereocenters. The minimum atomic E-state index is -3.53. The second-order valence-electron chi connectivity index (χ2n) is 6.01. The molecule has 0 saturated carbocycles. The Hall–Kier alpha value is -1.21. The van der Waals surface area contributed by atoms with Crippen LogP contribution in [-0.2, 0) is 10.0 Å². The Labute approximate surface area is 143 Å². The second kappa shape index (κ2) is 6.73. The highest BCUT2D eigenvalue weighted by atomic mass is 35.5. The molecule has 3 rings (SSSR count). The molecule has 5 nitrogen and oxygen atoms in total. The van der Waals surface area contributed by atoms with Crippen molar-refractivity contribution in [1.29, 1.82) is 0 Å². The molecule has 1 saturated heterocycles. The van der Waals surface area contributed by atoms with Gasteiger partial charge in [0.2, 0.25) is 10.0 Å². The van der Waals surface area contributed by atoms with Crippen LogP contribution in [-0.4, -0.2) is 42.9 Å². The van der Waals surface area contributed by atoms with Crippen LogP contribution in [0, 0.1) is 6.92 Å². The number of hydrogen-bond acceptors (Lipinski definition) is 4. The molecule has 0 aliphatic carbocycles. The van der Waals surface area contributed by atoms with E-state index >= 15 is 0 Å². The number of halogens is 1. The van der Waals surface area contributed by atoms with E-state index in [-0.39, 0.29) is 24.5 Å². The van der Waals surface area contributed by atoms with Crippen LogP contribution in [0.15, 0.2) is 35.4 Å². The molecule has 1 N–H and O–H groups in total. The number of aromatic nitrogens is 1. The molecule has 0 radical (unpaired) electrons. The molecule has 1 aromatic heterocycles. The van der Waals surface area contributed by atoms with Crippen LogP contribution in [0.3, 0.4) is 0 Å². The predicted octanol–water partition coefficient (Wildman–Crippen LogP) is 2.34. The van der Waals surface area contributed by atoms with Gasteiger partial charge in [0.25, 0.3) is 0 Å². The van der Waals surface area contributed by atoms with Crippen LogP contribution < -0.4 is 5.32 Å². The van der Waals surface area contributed by atoms with E-state index in [4.69, 9.17) is 0 Å². The fraction of sp³-hybridized carbons (Fsp3) is 0.438. The van der Waals surface area contributed by atoms with Crippen molar-refractivity contribution in [1.82, 2.24) is 14.6 Å². The van der Waals surface area contributed by atoms with Crippen molar-refractivity contribution in [2.45, 2.75) is 37.8 Å². The Morgan fingerprint density at radius 2 is 2.00 bits per heavy atom. The number of nitrogens with one attached hydrogen (secondary N) is 1. The van der Waals surface area contributed by atoms with Crippen molar-refractivity contribution in [3.63, 3.8) is 0 Å². The first-order valence-electron chi connectivity index (χ1n) is 7.51. The molecule has 1 fully saturated rings. The fourth-order valence-corrected chi connectivity index (χ4v) is 4.87. The Kier molecular flexibility index (Phi) is 5.30. The molecule has 0 bridgehead atoms. The van der Waals surface area contributed by atoms with Crippen molar-refractivity contribution in [3.8, 4) is 0 Å². The number of nitrogens with zero attached hydrogens (tertiary/aromatic N) is 2. The summed E-state index contributed by atoms with van der Waals surface area (Å²) >= 11 is 0. The Bertz CT molecular complexity index is 810. The van der Waals surface area contributed by atoms with Crippen LogP contribution in [0.1, 0.15) is 19.4 Å². The van der Waals surface area contributed by atoms with Crippen molar-refractivity contribution in [2.24, 2.45) is 0 Å². The van der Waals surface area contributed by atoms with E-state index in [2.05, 4.69) is 10.3 Å². The average Bonchev–Trinajstić information content (AvgIpc) is 2.50. The first-order valence-corrected chi connectivity index (χ1v) is 8.95. The highest BCUT2D eigenvalue weighted by molar-refractivity contribution is 7.89. The third kappa shape index (κ3) is 3.21. The molecule has 1 aliphatic rings. The minimum Gasteiger partial charge on any atom is -0.311 e. The largest absolute Gasteiger partial charge is 0.311 e. The average molecular weight is 356 g/mol. The first kappa shape index (κ1) is 18.1. The number of rotatable bonds is 2. The minimum absolute atomic E-state index is 0. The summed E-state index contributed by atoms with van der Waals surface area (Å²) in [5.41, 5.74) is 1.73. The summed E-state index contributed by atoms with van der Waals surface area (Å²) in [6, 6.07) is 7.24. The van der Waals surface area contributed by atoms with Crippen LogP contribution in [0.5, 0.6) is 0 Å². The number of benzene rings is 1. The van der Waals surface area contributed by atoms with Crippen molar-refractivity contribution >= 4 is 33.3 Å². The van der Waals surface area contributed by atoms with Gasteiger partial charge in [-0.1, -0.05) is 6.07 Å². The number of hydrogen-bond donors (Lipinski definition) is 1. The van der Waals surface area contributed by atoms with Gasteiger partial charge < -0.3 is 5.32 Å². The lowest BCUT2D eigenvalue weighted by Gasteiger charge is -2.36. The molecule has 2 heterocycles. The number of fused-ring (bicyclic) bond motifs is 1. The molecule has 1 aromatic carbocycles. The van der Waals surface area contributed by atoms with Gasteiger partial charge in [-0.15, -0.1) is 12.4 Å². The van der Waals surface area contributed by atoms with Crippen LogP contribution >= 0.6 is 12.4 Å². The molecule has 23 heavy (non-hydrogen) atoms. The maximum Gasteiger partial charge on any atom is 0.244 e. The van der Waals surface area contributed by atoms with Gasteiger partial charge in [-0.05, 0) is 44.5 Å². The first-order chi connectivity index (χ1) is 10.4. The molecule has 1 aliphatic heterocycles. The summed E-state index contributed by atoms with van der Waals surface area (Å²) in [5.74, 6) is 0. The van der Waals surface area contributed by atoms with Crippen molar-refractivity contribution in [2.75, 3.05) is 13.1 Å². The van der Waals surface area contributed by atoms with E-state index < -0.39 is 10.0 Å². The van der Waals surface area contributed by atoms with Gasteiger partial charge in [0.05, 0.1) is 10.4 Å². The topological polar surface area (TPSA) is 62.3 Å². The summed E-state index contributed by atoms with van der Waals surface area (Å²) in [5, 5.41) is 4.01. The third-order valence-electron chi connectivity index (χ3n) is 4.23. The van der Waals surface area contributed by atoms with E-state index in [1.54, 1.807) is 22.6 Å². The molecule has 126 valence electrons. The highest BCUT2D eigenvalue weighted by Gasteiger charge is 2.34. The summed E-state index contributed by atoms with van der Waals surface area (Å²) in [7, 11) is -3.53. The van der Waals surface area contributed by atoms with Gasteiger partial charge in [0.15, 0.2) is 0 Å². The number of aryl methyl sites for hydroxylation is 1.